The molecule has 0 nitrogen and oxygen atoms in total. The van der Waals surface area contributed by atoms with Gasteiger partial charge in [0.2, 0.25) is 0 Å². The molecule has 0 N–H and O–H groups in total. The van der Waals surface area contributed by atoms with Crippen molar-refractivity contribution in [3.63, 3.8) is 0 Å². The predicted octanol–water partition coefficient (Wildman–Crippen LogP) is 1.28. The topological polar surface area (TPSA) is 0 Å². The Morgan fingerprint density at radius 1 is 1.57 bits per heavy atom. The van der Waals surface area contributed by atoms with Gasteiger partial charge < -0.3 is 0 Å². The maximum atomic E-state index is 5.03. The van der Waals surface area contributed by atoms with Crippen LogP contribution in [0.5, 0.6) is 0 Å². The molecule has 3 heteroatoms. The normalized spacial score (nSPS) is 30.6. The van der Waals surface area contributed by atoms with Crippen LogP contribution in [-0.4, -0.2) is 11.5 Å². The lowest BCUT2D eigenvalue weighted by atomic mass is 10.6. The van der Waals surface area contributed by atoms with Crippen molar-refractivity contribution in [2.75, 3.05) is 11.5 Å². The lowest BCUT2D eigenvalue weighted by molar-refractivity contribution is 1.67. The quantitative estimate of drug-likeness (QED) is 0.377. The maximum Gasteiger partial charge on any atom is 0.0258 e. The summed E-state index contributed by atoms with van der Waals surface area (Å²) in [5.41, 5.74) is 0. The van der Waals surface area contributed by atoms with E-state index in [-0.39, 0.29) is 8.49 Å². The molecule has 1 rings (SSSR count). The van der Waals surface area contributed by atoms with Gasteiger partial charge in [-0.25, -0.2) is 0 Å². The van der Waals surface area contributed by atoms with Crippen LogP contribution in [0.1, 0.15) is 0 Å². The Balaban J connectivity index is 2.47. The van der Waals surface area contributed by atoms with Gasteiger partial charge >= 0.3 is 0 Å². The van der Waals surface area contributed by atoms with E-state index in [1.54, 1.807) is 0 Å². The van der Waals surface area contributed by atoms with Gasteiger partial charge in [0, 0.05) is 11.5 Å². The summed E-state index contributed by atoms with van der Waals surface area (Å²) < 4.78 is 0. The van der Waals surface area contributed by atoms with Gasteiger partial charge in [-0.3, -0.25) is 0 Å². The first-order valence-electron chi connectivity index (χ1n) is 2.06. The third-order valence-corrected chi connectivity index (χ3v) is 4.63. The van der Waals surface area contributed by atoms with Gasteiger partial charge in [0.25, 0.3) is 0 Å². The molecule has 1 unspecified atom stereocenters. The minimum atomic E-state index is 0.223. The van der Waals surface area contributed by atoms with Crippen molar-refractivity contribution >= 4 is 30.5 Å². The molecule has 0 bridgehead atoms. The van der Waals surface area contributed by atoms with Crippen LogP contribution < -0.4 is 0 Å². The summed E-state index contributed by atoms with van der Waals surface area (Å²) in [6, 6.07) is 0. The molecular formula is C4H6S3. The van der Waals surface area contributed by atoms with Crippen LogP contribution in [0, 0.1) is 0 Å². The van der Waals surface area contributed by atoms with Crippen molar-refractivity contribution in [1.29, 1.82) is 0 Å². The second-order valence-corrected chi connectivity index (χ2v) is 6.49. The average molecular weight is 150 g/mol. The molecule has 0 aliphatic carbocycles. The smallest absolute Gasteiger partial charge is 0.0258 e. The molecular weight excluding hydrogens is 144 g/mol. The molecule has 1 heterocycles. The molecule has 0 spiro atoms. The van der Waals surface area contributed by atoms with E-state index >= 15 is 0 Å². The summed E-state index contributed by atoms with van der Waals surface area (Å²) in [5.74, 6) is 2.24. The fourth-order valence-electron chi connectivity index (χ4n) is 0.378. The molecule has 0 aromatic heterocycles. The van der Waals surface area contributed by atoms with E-state index in [1.807, 2.05) is 10.8 Å². The SMILES string of the molecule is S=S1CC=CCS1. The van der Waals surface area contributed by atoms with E-state index in [2.05, 4.69) is 12.2 Å². The molecule has 1 aliphatic heterocycles. The lowest BCUT2D eigenvalue weighted by Crippen LogP contribution is -1.92. The van der Waals surface area contributed by atoms with Crippen molar-refractivity contribution < 1.29 is 0 Å². The third-order valence-electron chi connectivity index (χ3n) is 0.695. The molecule has 0 saturated carbocycles. The summed E-state index contributed by atoms with van der Waals surface area (Å²) in [4.78, 5) is 0. The van der Waals surface area contributed by atoms with E-state index in [4.69, 9.17) is 11.2 Å². The van der Waals surface area contributed by atoms with Crippen molar-refractivity contribution in [2.24, 2.45) is 0 Å². The zero-order valence-electron chi connectivity index (χ0n) is 3.79. The van der Waals surface area contributed by atoms with Crippen LogP contribution in [-0.2, 0) is 19.7 Å². The fourth-order valence-corrected chi connectivity index (χ4v) is 3.08. The van der Waals surface area contributed by atoms with Crippen molar-refractivity contribution in [3.05, 3.63) is 12.2 Å². The third kappa shape index (κ3) is 1.93. The molecule has 0 aromatic carbocycles. The largest absolute Gasteiger partial charge is 0.0854 e. The number of rotatable bonds is 0. The summed E-state index contributed by atoms with van der Waals surface area (Å²) in [6.07, 6.45) is 4.35. The minimum Gasteiger partial charge on any atom is -0.0854 e. The zero-order chi connectivity index (χ0) is 5.11. The molecule has 7 heavy (non-hydrogen) atoms. The second-order valence-electron chi connectivity index (χ2n) is 1.23. The Morgan fingerprint density at radius 2 is 2.43 bits per heavy atom. The number of hydrogen-bond donors (Lipinski definition) is 0. The first-order valence-corrected chi connectivity index (χ1v) is 5.88. The Labute approximate surface area is 54.4 Å². The fraction of sp³-hybridized carbons (Fsp3) is 0.500. The highest BCUT2D eigenvalue weighted by molar-refractivity contribution is 8.82. The molecule has 1 aliphatic rings. The first kappa shape index (κ1) is 5.79. The molecule has 0 saturated heterocycles. The Morgan fingerprint density at radius 3 is 2.71 bits per heavy atom. The average Bonchev–Trinajstić information content (AvgIpc) is 1.69. The van der Waals surface area contributed by atoms with Gasteiger partial charge in [0.1, 0.15) is 0 Å². The maximum absolute atomic E-state index is 5.03. The molecule has 40 valence electrons. The Bertz CT molecular complexity index is 106. The lowest BCUT2D eigenvalue weighted by Gasteiger charge is -2.02. The molecule has 0 amide bonds. The molecule has 0 fully saturated rings. The van der Waals surface area contributed by atoms with Crippen molar-refractivity contribution in [1.82, 2.24) is 0 Å². The second kappa shape index (κ2) is 2.84. The zero-order valence-corrected chi connectivity index (χ0v) is 6.24. The van der Waals surface area contributed by atoms with Crippen LogP contribution in [0.4, 0.5) is 0 Å². The highest BCUT2D eigenvalue weighted by Gasteiger charge is 1.94. The van der Waals surface area contributed by atoms with E-state index in [0.29, 0.717) is 0 Å². The van der Waals surface area contributed by atoms with Gasteiger partial charge in [0.15, 0.2) is 0 Å². The van der Waals surface area contributed by atoms with Crippen LogP contribution in [0.25, 0.3) is 0 Å². The summed E-state index contributed by atoms with van der Waals surface area (Å²) in [7, 11) is 2.10. The Kier molecular flexibility index (Phi) is 2.35. The van der Waals surface area contributed by atoms with E-state index < -0.39 is 0 Å². The minimum absolute atomic E-state index is 0.223. The van der Waals surface area contributed by atoms with Gasteiger partial charge in [-0.2, -0.15) is 0 Å². The predicted molar refractivity (Wildman–Crippen MR) is 41.2 cm³/mol. The van der Waals surface area contributed by atoms with Gasteiger partial charge in [-0.05, 0) is 11.2 Å². The van der Waals surface area contributed by atoms with Gasteiger partial charge in [0.05, 0.1) is 0 Å². The monoisotopic (exact) mass is 150 g/mol. The standard InChI is InChI=1S/C4H6S3/c5-7-4-2-1-3-6-7/h1-2H,3-4H2. The summed E-state index contributed by atoms with van der Waals surface area (Å²) in [5, 5.41) is 0. The van der Waals surface area contributed by atoms with Crippen LogP contribution >= 0.6 is 10.8 Å². The van der Waals surface area contributed by atoms with Crippen molar-refractivity contribution in [3.8, 4) is 0 Å². The summed E-state index contributed by atoms with van der Waals surface area (Å²) in [6.45, 7) is 0. The van der Waals surface area contributed by atoms with E-state index in [9.17, 15) is 0 Å². The molecule has 0 aromatic rings. The summed E-state index contributed by atoms with van der Waals surface area (Å²) >= 11 is 5.03. The van der Waals surface area contributed by atoms with Gasteiger partial charge in [-0.15, -0.1) is 0 Å². The highest BCUT2D eigenvalue weighted by atomic mass is 33.3. The van der Waals surface area contributed by atoms with E-state index in [1.165, 1.54) is 0 Å². The van der Waals surface area contributed by atoms with E-state index in [0.717, 1.165) is 11.5 Å². The van der Waals surface area contributed by atoms with Gasteiger partial charge in [-0.1, -0.05) is 31.4 Å². The molecule has 1 atom stereocenters. The van der Waals surface area contributed by atoms with Crippen molar-refractivity contribution in [2.45, 2.75) is 0 Å². The van der Waals surface area contributed by atoms with Crippen LogP contribution in [0.3, 0.4) is 0 Å². The van der Waals surface area contributed by atoms with Crippen LogP contribution in [0.15, 0.2) is 12.2 Å². The van der Waals surface area contributed by atoms with Crippen LogP contribution in [0.2, 0.25) is 0 Å². The first-order chi connectivity index (χ1) is 3.39. The Hall–Kier alpha value is 0.660. The number of hydrogen-bond acceptors (Lipinski definition) is 2. The molecule has 0 radical (unpaired) electrons. The highest BCUT2D eigenvalue weighted by Crippen LogP contribution is 2.12.